The third-order valence-corrected chi connectivity index (χ3v) is 4.87. The van der Waals surface area contributed by atoms with Crippen LogP contribution in [-0.4, -0.2) is 34.7 Å². The monoisotopic (exact) mass is 369 g/mol. The van der Waals surface area contributed by atoms with Crippen molar-refractivity contribution in [3.05, 3.63) is 45.5 Å². The van der Waals surface area contributed by atoms with Gasteiger partial charge in [0.1, 0.15) is 5.56 Å². The zero-order valence-corrected chi connectivity index (χ0v) is 15.6. The van der Waals surface area contributed by atoms with Gasteiger partial charge in [-0.2, -0.15) is 0 Å². The molecule has 2 aromatic carbocycles. The van der Waals surface area contributed by atoms with Gasteiger partial charge in [-0.25, -0.2) is 0 Å². The van der Waals surface area contributed by atoms with Crippen LogP contribution in [0.3, 0.4) is 0 Å². The Hall–Kier alpha value is -2.96. The molecule has 0 aromatic heterocycles. The van der Waals surface area contributed by atoms with Crippen molar-refractivity contribution < 1.29 is 14.5 Å². The zero-order valence-electron chi connectivity index (χ0n) is 15.6. The summed E-state index contributed by atoms with van der Waals surface area (Å²) in [5, 5.41) is 15.9. The molecule has 0 fully saturated rings. The van der Waals surface area contributed by atoms with Crippen LogP contribution in [0.1, 0.15) is 60.2 Å². The van der Waals surface area contributed by atoms with E-state index in [1.165, 1.54) is 6.07 Å². The standard InChI is InChI=1S/C20H23N3O4/c1-3-5-11-21-15-9-7-14-17-13(15)8-10-16(23(26)27)18(17)20(25)22(19(14)24)12-6-4-2/h7-10,21H,3-6,11-12H2,1-2H3. The number of nitrogens with zero attached hydrogens (tertiary/aromatic N) is 2. The number of benzene rings is 2. The van der Waals surface area contributed by atoms with Gasteiger partial charge in [-0.15, -0.1) is 0 Å². The van der Waals surface area contributed by atoms with E-state index in [-0.39, 0.29) is 23.7 Å². The van der Waals surface area contributed by atoms with Crippen molar-refractivity contribution in [3.8, 4) is 0 Å². The maximum absolute atomic E-state index is 13.0. The first kappa shape index (κ1) is 18.8. The van der Waals surface area contributed by atoms with E-state index in [2.05, 4.69) is 12.2 Å². The summed E-state index contributed by atoms with van der Waals surface area (Å²) in [4.78, 5) is 38.0. The van der Waals surface area contributed by atoms with Crippen LogP contribution in [0.25, 0.3) is 10.8 Å². The number of amides is 2. The minimum Gasteiger partial charge on any atom is -0.385 e. The van der Waals surface area contributed by atoms with Gasteiger partial charge in [0.25, 0.3) is 17.5 Å². The fourth-order valence-corrected chi connectivity index (χ4v) is 3.43. The number of rotatable bonds is 8. The molecule has 7 nitrogen and oxygen atoms in total. The van der Waals surface area contributed by atoms with Crippen molar-refractivity contribution in [3.63, 3.8) is 0 Å². The van der Waals surface area contributed by atoms with Crippen LogP contribution in [0, 0.1) is 10.1 Å². The second-order valence-corrected chi connectivity index (χ2v) is 6.70. The molecule has 0 radical (unpaired) electrons. The maximum atomic E-state index is 13.0. The van der Waals surface area contributed by atoms with Crippen LogP contribution in [0.15, 0.2) is 24.3 Å². The summed E-state index contributed by atoms with van der Waals surface area (Å²) >= 11 is 0. The Morgan fingerprint density at radius 2 is 1.78 bits per heavy atom. The molecule has 27 heavy (non-hydrogen) atoms. The highest BCUT2D eigenvalue weighted by atomic mass is 16.6. The first-order chi connectivity index (χ1) is 13.0. The molecule has 0 unspecified atom stereocenters. The molecular formula is C20H23N3O4. The fourth-order valence-electron chi connectivity index (χ4n) is 3.43. The quantitative estimate of drug-likeness (QED) is 0.323. The minimum atomic E-state index is -0.580. The SMILES string of the molecule is CCCCNc1ccc2c3c(c([N+](=O)[O-])ccc13)C(=O)N(CCCC)C2=O. The van der Waals surface area contributed by atoms with Crippen LogP contribution >= 0.6 is 0 Å². The predicted molar refractivity (Wildman–Crippen MR) is 104 cm³/mol. The predicted octanol–water partition coefficient (Wildman–Crippen LogP) is 4.36. The number of unbranched alkanes of at least 4 members (excludes halogenated alkanes) is 2. The highest BCUT2D eigenvalue weighted by molar-refractivity contribution is 6.28. The molecule has 3 rings (SSSR count). The van der Waals surface area contributed by atoms with Gasteiger partial charge in [-0.1, -0.05) is 26.7 Å². The summed E-state index contributed by atoms with van der Waals surface area (Å²) in [6.07, 6.45) is 3.48. The van der Waals surface area contributed by atoms with Gasteiger partial charge in [0.05, 0.1) is 4.92 Å². The normalized spacial score (nSPS) is 13.3. The molecule has 1 N–H and O–H groups in total. The Bertz CT molecular complexity index is 923. The first-order valence-electron chi connectivity index (χ1n) is 9.35. The highest BCUT2D eigenvalue weighted by Gasteiger charge is 2.38. The van der Waals surface area contributed by atoms with Crippen molar-refractivity contribution in [1.82, 2.24) is 4.90 Å². The smallest absolute Gasteiger partial charge is 0.282 e. The maximum Gasteiger partial charge on any atom is 0.282 e. The van der Waals surface area contributed by atoms with E-state index in [9.17, 15) is 19.7 Å². The molecule has 0 saturated carbocycles. The largest absolute Gasteiger partial charge is 0.385 e. The fraction of sp³-hybridized carbons (Fsp3) is 0.400. The van der Waals surface area contributed by atoms with Crippen molar-refractivity contribution in [1.29, 1.82) is 0 Å². The van der Waals surface area contributed by atoms with E-state index < -0.39 is 10.8 Å². The van der Waals surface area contributed by atoms with Crippen LogP contribution < -0.4 is 5.32 Å². The molecule has 142 valence electrons. The molecule has 2 aromatic rings. The number of nitro benzene ring substituents is 1. The van der Waals surface area contributed by atoms with Crippen molar-refractivity contribution in [2.45, 2.75) is 39.5 Å². The lowest BCUT2D eigenvalue weighted by atomic mass is 9.91. The van der Waals surface area contributed by atoms with Gasteiger partial charge < -0.3 is 5.32 Å². The molecule has 0 spiro atoms. The molecule has 1 aliphatic heterocycles. The summed E-state index contributed by atoms with van der Waals surface area (Å²) in [7, 11) is 0. The number of hydrogen-bond donors (Lipinski definition) is 1. The molecule has 0 bridgehead atoms. The molecule has 2 amide bonds. The molecule has 0 atom stereocenters. The third-order valence-electron chi connectivity index (χ3n) is 4.87. The van der Waals surface area contributed by atoms with Crippen LogP contribution in [0.2, 0.25) is 0 Å². The van der Waals surface area contributed by atoms with E-state index >= 15 is 0 Å². The van der Waals surface area contributed by atoms with E-state index in [0.29, 0.717) is 22.8 Å². The number of carbonyl (C=O) groups is 2. The van der Waals surface area contributed by atoms with E-state index in [1.54, 1.807) is 12.1 Å². The number of nitro groups is 1. The summed E-state index contributed by atoms with van der Waals surface area (Å²) in [6.45, 7) is 5.06. The number of nitrogens with one attached hydrogen (secondary N) is 1. The Morgan fingerprint density at radius 1 is 1.04 bits per heavy atom. The number of imide groups is 1. The Morgan fingerprint density at radius 3 is 2.44 bits per heavy atom. The van der Waals surface area contributed by atoms with Gasteiger partial charge in [0.15, 0.2) is 0 Å². The average Bonchev–Trinajstić information content (AvgIpc) is 2.66. The third kappa shape index (κ3) is 3.25. The summed E-state index contributed by atoms with van der Waals surface area (Å²) in [5.41, 5.74) is 0.886. The molecular weight excluding hydrogens is 346 g/mol. The molecule has 1 heterocycles. The highest BCUT2D eigenvalue weighted by Crippen LogP contribution is 2.39. The van der Waals surface area contributed by atoms with Gasteiger partial charge in [-0.3, -0.25) is 24.6 Å². The van der Waals surface area contributed by atoms with Crippen LogP contribution in [-0.2, 0) is 0 Å². The summed E-state index contributed by atoms with van der Waals surface area (Å²) < 4.78 is 0. The minimum absolute atomic E-state index is 0.0161. The van der Waals surface area contributed by atoms with E-state index in [0.717, 1.165) is 36.4 Å². The molecule has 0 saturated heterocycles. The van der Waals surface area contributed by atoms with Crippen molar-refractivity contribution in [2.24, 2.45) is 0 Å². The van der Waals surface area contributed by atoms with Crippen LogP contribution in [0.5, 0.6) is 0 Å². The zero-order chi connectivity index (χ0) is 19.6. The number of anilines is 1. The second-order valence-electron chi connectivity index (χ2n) is 6.70. The number of carbonyl (C=O) groups excluding carboxylic acids is 2. The first-order valence-corrected chi connectivity index (χ1v) is 9.35. The topological polar surface area (TPSA) is 92.6 Å². The Balaban J connectivity index is 2.21. The van der Waals surface area contributed by atoms with E-state index in [4.69, 9.17) is 0 Å². The lowest BCUT2D eigenvalue weighted by Crippen LogP contribution is -2.41. The van der Waals surface area contributed by atoms with Crippen molar-refractivity contribution in [2.75, 3.05) is 18.4 Å². The Kier molecular flexibility index (Phi) is 5.39. The Labute approximate surface area is 157 Å². The van der Waals surface area contributed by atoms with Gasteiger partial charge in [-0.05, 0) is 31.0 Å². The van der Waals surface area contributed by atoms with Gasteiger partial charge in [0.2, 0.25) is 0 Å². The average molecular weight is 369 g/mol. The van der Waals surface area contributed by atoms with Crippen LogP contribution in [0.4, 0.5) is 11.4 Å². The molecule has 7 heteroatoms. The summed E-state index contributed by atoms with van der Waals surface area (Å²) in [6, 6.07) is 6.46. The lowest BCUT2D eigenvalue weighted by molar-refractivity contribution is -0.385. The number of hydrogen-bond acceptors (Lipinski definition) is 5. The lowest BCUT2D eigenvalue weighted by Gasteiger charge is -2.27. The summed E-state index contributed by atoms with van der Waals surface area (Å²) in [5.74, 6) is -0.962. The van der Waals surface area contributed by atoms with Crippen molar-refractivity contribution >= 4 is 34.0 Å². The molecule has 0 aliphatic carbocycles. The second kappa shape index (κ2) is 7.73. The van der Waals surface area contributed by atoms with Gasteiger partial charge in [0, 0.05) is 41.2 Å². The van der Waals surface area contributed by atoms with E-state index in [1.807, 2.05) is 13.0 Å². The molecule has 1 aliphatic rings. The van der Waals surface area contributed by atoms with Gasteiger partial charge >= 0.3 is 0 Å².